The third-order valence-corrected chi connectivity index (χ3v) is 3.79. The van der Waals surface area contributed by atoms with Gasteiger partial charge in [0, 0.05) is 11.6 Å². The van der Waals surface area contributed by atoms with Crippen LogP contribution in [0.4, 0.5) is 5.69 Å². The number of nitro benzene ring substituents is 1. The second kappa shape index (κ2) is 6.90. The number of carbonyl (C=O) groups excluding carboxylic acids is 2. The highest BCUT2D eigenvalue weighted by atomic mass is 32.2. The first-order valence-corrected chi connectivity index (χ1v) is 7.07. The van der Waals surface area contributed by atoms with Crippen LogP contribution in [0.5, 0.6) is 0 Å². The molecule has 7 nitrogen and oxygen atoms in total. The summed E-state index contributed by atoms with van der Waals surface area (Å²) in [7, 11) is 1.25. The number of thioether (sulfide) groups is 1. The Balaban J connectivity index is 2.32. The molecule has 0 saturated heterocycles. The molecular weight excluding hydrogens is 310 g/mol. The van der Waals surface area contributed by atoms with Gasteiger partial charge in [0.05, 0.1) is 22.7 Å². The average molecular weight is 321 g/mol. The Morgan fingerprint density at radius 3 is 2.77 bits per heavy atom. The second-order valence-electron chi connectivity index (χ2n) is 4.12. The summed E-state index contributed by atoms with van der Waals surface area (Å²) < 4.78 is 9.74. The van der Waals surface area contributed by atoms with E-state index in [9.17, 15) is 19.7 Å². The standard InChI is InChI=1S/C14H11NO6S/c1-20-14(17)8-22-13-5-2-9(6-11(13)15(18)19)12-4-3-10(7-16)21-12/h2-7H,8H2,1H3. The number of benzene rings is 1. The number of nitro groups is 1. The number of carbonyl (C=O) groups is 2. The molecular formula is C14H11NO6S. The van der Waals surface area contributed by atoms with Crippen LogP contribution in [0.1, 0.15) is 10.6 Å². The van der Waals surface area contributed by atoms with Gasteiger partial charge < -0.3 is 9.15 Å². The van der Waals surface area contributed by atoms with Crippen LogP contribution in [0, 0.1) is 10.1 Å². The molecule has 22 heavy (non-hydrogen) atoms. The van der Waals surface area contributed by atoms with Crippen molar-refractivity contribution in [1.82, 2.24) is 0 Å². The summed E-state index contributed by atoms with van der Waals surface area (Å²) >= 11 is 1.02. The van der Waals surface area contributed by atoms with Gasteiger partial charge in [-0.3, -0.25) is 19.7 Å². The van der Waals surface area contributed by atoms with E-state index in [1.165, 1.54) is 25.3 Å². The minimum atomic E-state index is -0.535. The largest absolute Gasteiger partial charge is 0.468 e. The first-order chi connectivity index (χ1) is 10.5. The van der Waals surface area contributed by atoms with Gasteiger partial charge >= 0.3 is 5.97 Å². The Morgan fingerprint density at radius 1 is 1.41 bits per heavy atom. The lowest BCUT2D eigenvalue weighted by atomic mass is 10.1. The summed E-state index contributed by atoms with van der Waals surface area (Å²) in [5.41, 5.74) is 0.331. The van der Waals surface area contributed by atoms with E-state index in [0.29, 0.717) is 22.5 Å². The molecule has 0 aliphatic heterocycles. The fraction of sp³-hybridized carbons (Fsp3) is 0.143. The zero-order valence-electron chi connectivity index (χ0n) is 11.5. The maximum Gasteiger partial charge on any atom is 0.315 e. The van der Waals surface area contributed by atoms with Gasteiger partial charge in [0.2, 0.25) is 0 Å². The van der Waals surface area contributed by atoms with Gasteiger partial charge in [-0.25, -0.2) is 0 Å². The van der Waals surface area contributed by atoms with Gasteiger partial charge in [0.1, 0.15) is 5.76 Å². The Labute approximate surface area is 129 Å². The summed E-state index contributed by atoms with van der Waals surface area (Å²) in [6.45, 7) is 0. The molecule has 0 radical (unpaired) electrons. The molecule has 0 aliphatic carbocycles. The van der Waals surface area contributed by atoms with Crippen LogP contribution < -0.4 is 0 Å². The smallest absolute Gasteiger partial charge is 0.315 e. The van der Waals surface area contributed by atoms with Crippen molar-refractivity contribution < 1.29 is 23.7 Å². The zero-order chi connectivity index (χ0) is 16.1. The molecule has 0 bridgehead atoms. The first-order valence-electron chi connectivity index (χ1n) is 6.08. The number of nitrogens with zero attached hydrogens (tertiary/aromatic N) is 1. The van der Waals surface area contributed by atoms with E-state index in [4.69, 9.17) is 4.42 Å². The second-order valence-corrected chi connectivity index (χ2v) is 5.14. The third-order valence-electron chi connectivity index (χ3n) is 2.76. The SMILES string of the molecule is COC(=O)CSc1ccc(-c2ccc(C=O)o2)cc1[N+](=O)[O-]. The maximum atomic E-state index is 11.2. The van der Waals surface area contributed by atoms with E-state index in [2.05, 4.69) is 4.74 Å². The van der Waals surface area contributed by atoms with Crippen molar-refractivity contribution in [3.8, 4) is 11.3 Å². The molecule has 8 heteroatoms. The average Bonchev–Trinajstić information content (AvgIpc) is 3.01. The topological polar surface area (TPSA) is 99.7 Å². The van der Waals surface area contributed by atoms with E-state index in [1.807, 2.05) is 0 Å². The van der Waals surface area contributed by atoms with Crippen molar-refractivity contribution in [2.75, 3.05) is 12.9 Å². The monoisotopic (exact) mass is 321 g/mol. The Kier molecular flexibility index (Phi) is 4.95. The number of hydrogen-bond donors (Lipinski definition) is 0. The van der Waals surface area contributed by atoms with Gasteiger partial charge in [-0.2, -0.15) is 0 Å². The number of aldehydes is 1. The van der Waals surface area contributed by atoms with Crippen LogP contribution in [0.15, 0.2) is 39.6 Å². The molecule has 2 aromatic rings. The number of hydrogen-bond acceptors (Lipinski definition) is 7. The predicted octanol–water partition coefficient (Wildman–Crippen LogP) is 2.93. The third kappa shape index (κ3) is 3.53. The lowest BCUT2D eigenvalue weighted by Gasteiger charge is -2.04. The van der Waals surface area contributed by atoms with Gasteiger partial charge in [-0.1, -0.05) is 0 Å². The van der Waals surface area contributed by atoms with Crippen LogP contribution in [0.2, 0.25) is 0 Å². The highest BCUT2D eigenvalue weighted by Gasteiger charge is 2.18. The van der Waals surface area contributed by atoms with Crippen molar-refractivity contribution in [2.24, 2.45) is 0 Å². The molecule has 0 unspecified atom stereocenters. The number of furan rings is 1. The Bertz CT molecular complexity index is 724. The number of ether oxygens (including phenoxy) is 1. The van der Waals surface area contributed by atoms with E-state index in [-0.39, 0.29) is 17.2 Å². The molecule has 0 aliphatic rings. The number of methoxy groups -OCH3 is 1. The van der Waals surface area contributed by atoms with Crippen molar-refractivity contribution in [1.29, 1.82) is 0 Å². The first kappa shape index (κ1) is 15.8. The molecule has 1 heterocycles. The number of esters is 1. The predicted molar refractivity (Wildman–Crippen MR) is 78.9 cm³/mol. The van der Waals surface area contributed by atoms with Crippen molar-refractivity contribution in [2.45, 2.75) is 4.90 Å². The summed E-state index contributed by atoms with van der Waals surface area (Å²) in [5.74, 6) is 0.00811. The van der Waals surface area contributed by atoms with E-state index in [0.717, 1.165) is 11.8 Å². The van der Waals surface area contributed by atoms with Gasteiger partial charge in [-0.15, -0.1) is 11.8 Å². The van der Waals surface area contributed by atoms with Crippen molar-refractivity contribution in [3.05, 3.63) is 46.2 Å². The van der Waals surface area contributed by atoms with Crippen LogP contribution in [0.25, 0.3) is 11.3 Å². The maximum absolute atomic E-state index is 11.2. The molecule has 1 aromatic carbocycles. The van der Waals surface area contributed by atoms with Crippen LogP contribution in [0.3, 0.4) is 0 Å². The minimum absolute atomic E-state index is 0.0211. The lowest BCUT2D eigenvalue weighted by Crippen LogP contribution is -2.03. The van der Waals surface area contributed by atoms with Gasteiger partial charge in [0.25, 0.3) is 5.69 Å². The quantitative estimate of drug-likeness (QED) is 0.265. The van der Waals surface area contributed by atoms with Crippen LogP contribution in [-0.4, -0.2) is 30.0 Å². The summed E-state index contributed by atoms with van der Waals surface area (Å²) in [6, 6.07) is 7.54. The zero-order valence-corrected chi connectivity index (χ0v) is 12.3. The normalized spacial score (nSPS) is 10.2. The summed E-state index contributed by atoms with van der Waals surface area (Å²) in [5, 5.41) is 11.2. The summed E-state index contributed by atoms with van der Waals surface area (Å²) in [6.07, 6.45) is 0.554. The fourth-order valence-corrected chi connectivity index (χ4v) is 2.54. The highest BCUT2D eigenvalue weighted by Crippen LogP contribution is 2.34. The van der Waals surface area contributed by atoms with Crippen LogP contribution >= 0.6 is 11.8 Å². The molecule has 0 amide bonds. The molecule has 0 atom stereocenters. The van der Waals surface area contributed by atoms with Gasteiger partial charge in [0.15, 0.2) is 12.0 Å². The molecule has 1 aromatic heterocycles. The number of rotatable bonds is 6. The molecule has 0 fully saturated rings. The molecule has 0 spiro atoms. The molecule has 2 rings (SSSR count). The Morgan fingerprint density at radius 2 is 2.18 bits per heavy atom. The lowest BCUT2D eigenvalue weighted by molar-refractivity contribution is -0.387. The van der Waals surface area contributed by atoms with Gasteiger partial charge in [-0.05, 0) is 24.3 Å². The Hall–Kier alpha value is -2.61. The van der Waals surface area contributed by atoms with E-state index < -0.39 is 10.9 Å². The highest BCUT2D eigenvalue weighted by molar-refractivity contribution is 8.00. The summed E-state index contributed by atoms with van der Waals surface area (Å²) in [4.78, 5) is 32.7. The van der Waals surface area contributed by atoms with Crippen molar-refractivity contribution >= 4 is 29.7 Å². The molecule has 0 saturated carbocycles. The van der Waals surface area contributed by atoms with E-state index >= 15 is 0 Å². The fourth-order valence-electron chi connectivity index (χ4n) is 1.70. The van der Waals surface area contributed by atoms with Crippen LogP contribution in [-0.2, 0) is 9.53 Å². The molecule has 0 N–H and O–H groups in total. The minimum Gasteiger partial charge on any atom is -0.468 e. The van der Waals surface area contributed by atoms with Crippen molar-refractivity contribution in [3.63, 3.8) is 0 Å². The van der Waals surface area contributed by atoms with E-state index in [1.54, 1.807) is 12.1 Å². The molecule has 114 valence electrons.